The molecule has 1 aromatic rings. The van der Waals surface area contributed by atoms with Gasteiger partial charge in [0.2, 0.25) is 0 Å². The van der Waals surface area contributed by atoms with E-state index in [1.807, 2.05) is 45.9 Å². The number of hydrogen-bond donors (Lipinski definition) is 2. The van der Waals surface area contributed by atoms with Crippen molar-refractivity contribution in [3.8, 4) is 0 Å². The fraction of sp³-hybridized carbons (Fsp3) is 0.417. The first-order valence-corrected chi connectivity index (χ1v) is 5.93. The van der Waals surface area contributed by atoms with Gasteiger partial charge in [-0.3, -0.25) is 0 Å². The molecule has 0 fully saturated rings. The Hall–Kier alpha value is -1.03. The van der Waals surface area contributed by atoms with Crippen molar-refractivity contribution in [1.82, 2.24) is 5.32 Å². The standard InChI is InChI=1S/C12H17BrN2O/c1-8-6-5-7-9(10(8)13)14-11(16)15-12(2,3)4/h5-7H,1-4H3,(H2,14,15,16). The maximum atomic E-state index is 11.6. The van der Waals surface area contributed by atoms with Crippen molar-refractivity contribution < 1.29 is 4.79 Å². The van der Waals surface area contributed by atoms with Crippen molar-refractivity contribution in [2.45, 2.75) is 33.2 Å². The fourth-order valence-corrected chi connectivity index (χ4v) is 1.60. The van der Waals surface area contributed by atoms with Crippen LogP contribution in [0.5, 0.6) is 0 Å². The highest BCUT2D eigenvalue weighted by molar-refractivity contribution is 9.10. The fourth-order valence-electron chi connectivity index (χ4n) is 1.24. The summed E-state index contributed by atoms with van der Waals surface area (Å²) in [7, 11) is 0. The molecular weight excluding hydrogens is 268 g/mol. The lowest BCUT2D eigenvalue weighted by Crippen LogP contribution is -2.43. The molecule has 0 atom stereocenters. The number of anilines is 1. The summed E-state index contributed by atoms with van der Waals surface area (Å²) in [4.78, 5) is 11.6. The Labute approximate surface area is 105 Å². The minimum absolute atomic E-state index is 0.196. The molecule has 0 saturated heterocycles. The van der Waals surface area contributed by atoms with Crippen molar-refractivity contribution in [1.29, 1.82) is 0 Å². The summed E-state index contributed by atoms with van der Waals surface area (Å²) in [5, 5.41) is 5.65. The second-order valence-electron chi connectivity index (χ2n) is 4.77. The molecule has 0 spiro atoms. The molecule has 2 N–H and O–H groups in total. The van der Waals surface area contributed by atoms with Gasteiger partial charge in [0.05, 0.1) is 5.69 Å². The number of benzene rings is 1. The van der Waals surface area contributed by atoms with Crippen molar-refractivity contribution in [2.24, 2.45) is 0 Å². The molecule has 3 nitrogen and oxygen atoms in total. The summed E-state index contributed by atoms with van der Waals surface area (Å²) in [6.07, 6.45) is 0. The van der Waals surface area contributed by atoms with Crippen LogP contribution < -0.4 is 10.6 Å². The SMILES string of the molecule is Cc1cccc(NC(=O)NC(C)(C)C)c1Br. The number of nitrogens with one attached hydrogen (secondary N) is 2. The minimum atomic E-state index is -0.236. The largest absolute Gasteiger partial charge is 0.333 e. The Balaban J connectivity index is 2.74. The molecule has 0 saturated carbocycles. The van der Waals surface area contributed by atoms with Gasteiger partial charge in [-0.25, -0.2) is 4.79 Å². The molecule has 0 aliphatic carbocycles. The average Bonchev–Trinajstić information content (AvgIpc) is 2.09. The molecule has 0 aliphatic heterocycles. The molecule has 88 valence electrons. The normalized spacial score (nSPS) is 11.1. The zero-order valence-corrected chi connectivity index (χ0v) is 11.6. The van der Waals surface area contributed by atoms with Gasteiger partial charge < -0.3 is 10.6 Å². The summed E-state index contributed by atoms with van der Waals surface area (Å²) in [6, 6.07) is 5.56. The number of aryl methyl sites for hydroxylation is 1. The molecule has 16 heavy (non-hydrogen) atoms. The van der Waals surface area contributed by atoms with Gasteiger partial charge in [-0.05, 0) is 55.3 Å². The number of carbonyl (C=O) groups is 1. The quantitative estimate of drug-likeness (QED) is 0.812. The molecule has 2 amide bonds. The third kappa shape index (κ3) is 3.85. The molecule has 0 bridgehead atoms. The van der Waals surface area contributed by atoms with Crippen LogP contribution in [0.25, 0.3) is 0 Å². The molecule has 1 rings (SSSR count). The Morgan fingerprint density at radius 3 is 2.50 bits per heavy atom. The lowest BCUT2D eigenvalue weighted by atomic mass is 10.1. The molecular formula is C12H17BrN2O. The van der Waals surface area contributed by atoms with E-state index < -0.39 is 0 Å². The number of hydrogen-bond acceptors (Lipinski definition) is 1. The number of halogens is 1. The predicted octanol–water partition coefficient (Wildman–Crippen LogP) is 3.68. The third-order valence-corrected chi connectivity index (χ3v) is 2.98. The number of rotatable bonds is 1. The van der Waals surface area contributed by atoms with Gasteiger partial charge in [0.25, 0.3) is 0 Å². The number of amides is 2. The summed E-state index contributed by atoms with van der Waals surface area (Å²) in [5.74, 6) is 0. The van der Waals surface area contributed by atoms with Crippen LogP contribution in [0.3, 0.4) is 0 Å². The molecule has 0 unspecified atom stereocenters. The van der Waals surface area contributed by atoms with Gasteiger partial charge in [0, 0.05) is 10.0 Å². The number of carbonyl (C=O) groups excluding carboxylic acids is 1. The smallest absolute Gasteiger partial charge is 0.319 e. The van der Waals surface area contributed by atoms with Crippen LogP contribution in [0.4, 0.5) is 10.5 Å². The topological polar surface area (TPSA) is 41.1 Å². The van der Waals surface area contributed by atoms with Gasteiger partial charge >= 0.3 is 6.03 Å². The van der Waals surface area contributed by atoms with E-state index in [0.717, 1.165) is 15.7 Å². The summed E-state index contributed by atoms with van der Waals surface area (Å²) in [6.45, 7) is 7.81. The van der Waals surface area contributed by atoms with Crippen LogP contribution in [0.15, 0.2) is 22.7 Å². The van der Waals surface area contributed by atoms with Crippen LogP contribution in [-0.2, 0) is 0 Å². The maximum absolute atomic E-state index is 11.6. The van der Waals surface area contributed by atoms with Gasteiger partial charge in [-0.2, -0.15) is 0 Å². The monoisotopic (exact) mass is 284 g/mol. The Kier molecular flexibility index (Phi) is 3.97. The third-order valence-electron chi connectivity index (χ3n) is 1.93. The van der Waals surface area contributed by atoms with Crippen LogP contribution in [-0.4, -0.2) is 11.6 Å². The summed E-state index contributed by atoms with van der Waals surface area (Å²) >= 11 is 3.45. The first-order chi connectivity index (χ1) is 7.29. The zero-order chi connectivity index (χ0) is 12.3. The van der Waals surface area contributed by atoms with Gasteiger partial charge in [-0.15, -0.1) is 0 Å². The second kappa shape index (κ2) is 4.87. The maximum Gasteiger partial charge on any atom is 0.319 e. The van der Waals surface area contributed by atoms with E-state index in [0.29, 0.717) is 0 Å². The molecule has 4 heteroatoms. The van der Waals surface area contributed by atoms with Gasteiger partial charge in [0.1, 0.15) is 0 Å². The minimum Gasteiger partial charge on any atom is -0.333 e. The summed E-state index contributed by atoms with van der Waals surface area (Å²) in [5.41, 5.74) is 1.63. The van der Waals surface area contributed by atoms with E-state index in [2.05, 4.69) is 26.6 Å². The lowest BCUT2D eigenvalue weighted by Gasteiger charge is -2.21. The van der Waals surface area contributed by atoms with Crippen molar-refractivity contribution in [3.63, 3.8) is 0 Å². The highest BCUT2D eigenvalue weighted by Gasteiger charge is 2.14. The first-order valence-electron chi connectivity index (χ1n) is 5.14. The second-order valence-corrected chi connectivity index (χ2v) is 5.56. The number of urea groups is 1. The van der Waals surface area contributed by atoms with Crippen LogP contribution in [0, 0.1) is 6.92 Å². The van der Waals surface area contributed by atoms with Crippen LogP contribution in [0.2, 0.25) is 0 Å². The average molecular weight is 285 g/mol. The van der Waals surface area contributed by atoms with Gasteiger partial charge in [0.15, 0.2) is 0 Å². The molecule has 1 aromatic carbocycles. The van der Waals surface area contributed by atoms with Crippen molar-refractivity contribution >= 4 is 27.6 Å². The van der Waals surface area contributed by atoms with Crippen LogP contribution >= 0.6 is 15.9 Å². The highest BCUT2D eigenvalue weighted by Crippen LogP contribution is 2.25. The van der Waals surface area contributed by atoms with Crippen LogP contribution in [0.1, 0.15) is 26.3 Å². The van der Waals surface area contributed by atoms with Gasteiger partial charge in [-0.1, -0.05) is 12.1 Å². The van der Waals surface area contributed by atoms with E-state index in [4.69, 9.17) is 0 Å². The van der Waals surface area contributed by atoms with E-state index in [9.17, 15) is 4.79 Å². The molecule has 0 aromatic heterocycles. The zero-order valence-electron chi connectivity index (χ0n) is 10.0. The Morgan fingerprint density at radius 1 is 1.31 bits per heavy atom. The molecule has 0 aliphatic rings. The molecule has 0 radical (unpaired) electrons. The highest BCUT2D eigenvalue weighted by atomic mass is 79.9. The van der Waals surface area contributed by atoms with E-state index in [1.54, 1.807) is 0 Å². The van der Waals surface area contributed by atoms with E-state index >= 15 is 0 Å². The van der Waals surface area contributed by atoms with E-state index in [-0.39, 0.29) is 11.6 Å². The van der Waals surface area contributed by atoms with Crippen molar-refractivity contribution in [2.75, 3.05) is 5.32 Å². The van der Waals surface area contributed by atoms with E-state index in [1.165, 1.54) is 0 Å². The molecule has 0 heterocycles. The predicted molar refractivity (Wildman–Crippen MR) is 70.8 cm³/mol. The first kappa shape index (κ1) is 13.0. The Bertz CT molecular complexity index is 396. The Morgan fingerprint density at radius 2 is 1.94 bits per heavy atom. The van der Waals surface area contributed by atoms with Crippen molar-refractivity contribution in [3.05, 3.63) is 28.2 Å². The lowest BCUT2D eigenvalue weighted by molar-refractivity contribution is 0.244. The summed E-state index contributed by atoms with van der Waals surface area (Å²) < 4.78 is 0.916.